The van der Waals surface area contributed by atoms with Crippen LogP contribution in [-0.4, -0.2) is 26.8 Å². The lowest BCUT2D eigenvalue weighted by molar-refractivity contribution is -0.116. The number of amides is 2. The van der Waals surface area contributed by atoms with Crippen LogP contribution in [0.15, 0.2) is 53.4 Å². The lowest BCUT2D eigenvalue weighted by atomic mass is 10.3. The molecule has 0 aliphatic rings. The number of carbonyl (C=O) groups is 2. The van der Waals surface area contributed by atoms with Gasteiger partial charge in [-0.3, -0.25) is 13.9 Å². The molecule has 0 aliphatic carbocycles. The molecule has 0 heterocycles. The minimum atomic E-state index is -4.03. The number of rotatable bonds is 6. The van der Waals surface area contributed by atoms with Gasteiger partial charge >= 0.3 is 0 Å². The minimum absolute atomic E-state index is 0.0437. The second kappa shape index (κ2) is 7.54. The first kappa shape index (κ1) is 18.8. The van der Waals surface area contributed by atoms with E-state index in [0.29, 0.717) is 10.7 Å². The van der Waals surface area contributed by atoms with Crippen molar-refractivity contribution in [1.29, 1.82) is 0 Å². The number of halogens is 1. The van der Waals surface area contributed by atoms with E-state index < -0.39 is 22.5 Å². The van der Waals surface area contributed by atoms with Gasteiger partial charge in [-0.2, -0.15) is 0 Å². The second-order valence-electron chi connectivity index (χ2n) is 5.16. The van der Waals surface area contributed by atoms with Crippen LogP contribution in [0.1, 0.15) is 6.92 Å². The third-order valence-electron chi connectivity index (χ3n) is 3.18. The summed E-state index contributed by atoms with van der Waals surface area (Å²) in [4.78, 5) is 22.3. The average molecular weight is 382 g/mol. The van der Waals surface area contributed by atoms with Gasteiger partial charge in [0.05, 0.1) is 10.6 Å². The number of nitrogens with one attached hydrogen (secondary N) is 1. The topological polar surface area (TPSA) is 110 Å². The molecular formula is C16H16ClN3O4S. The minimum Gasteiger partial charge on any atom is -0.368 e. The highest BCUT2D eigenvalue weighted by molar-refractivity contribution is 7.92. The van der Waals surface area contributed by atoms with Gasteiger partial charge < -0.3 is 11.1 Å². The molecule has 0 atom stereocenters. The van der Waals surface area contributed by atoms with Crippen molar-refractivity contribution in [1.82, 2.24) is 0 Å². The normalized spacial score (nSPS) is 11.0. The number of nitrogens with zero attached hydrogens (tertiary/aromatic N) is 1. The van der Waals surface area contributed by atoms with Crippen LogP contribution in [0.2, 0.25) is 5.02 Å². The van der Waals surface area contributed by atoms with Crippen LogP contribution in [-0.2, 0) is 19.6 Å². The number of benzene rings is 2. The Hall–Kier alpha value is -2.58. The first-order valence-corrected chi connectivity index (χ1v) is 8.96. The molecule has 2 aromatic carbocycles. The molecule has 2 amide bonds. The van der Waals surface area contributed by atoms with Crippen molar-refractivity contribution in [2.75, 3.05) is 16.2 Å². The number of primary amides is 1. The number of nitrogens with two attached hydrogens (primary N) is 1. The Labute approximate surface area is 150 Å². The molecule has 0 saturated heterocycles. The third kappa shape index (κ3) is 4.71. The maximum absolute atomic E-state index is 12.9. The summed E-state index contributed by atoms with van der Waals surface area (Å²) in [5.41, 5.74) is 5.91. The Bertz CT molecular complexity index is 881. The molecule has 0 saturated carbocycles. The number of hydrogen-bond donors (Lipinski definition) is 2. The molecular weight excluding hydrogens is 366 g/mol. The highest BCUT2D eigenvalue weighted by atomic mass is 35.5. The SMILES string of the molecule is CC(=O)Nc1ccc(S(=O)(=O)N(CC(N)=O)c2ccc(Cl)cc2)cc1. The lowest BCUT2D eigenvalue weighted by Crippen LogP contribution is -2.38. The standard InChI is InChI=1S/C16H16ClN3O4S/c1-11(21)19-13-4-8-15(9-5-13)25(23,24)20(10-16(18)22)14-6-2-12(17)3-7-14/h2-9H,10H2,1H3,(H2,18,22)(H,19,21). The molecule has 0 radical (unpaired) electrons. The van der Waals surface area contributed by atoms with E-state index in [9.17, 15) is 18.0 Å². The fraction of sp³-hybridized carbons (Fsp3) is 0.125. The van der Waals surface area contributed by atoms with Gasteiger partial charge in [-0.05, 0) is 48.5 Å². The zero-order chi connectivity index (χ0) is 18.6. The largest absolute Gasteiger partial charge is 0.368 e. The van der Waals surface area contributed by atoms with E-state index in [4.69, 9.17) is 17.3 Å². The number of sulfonamides is 1. The van der Waals surface area contributed by atoms with E-state index >= 15 is 0 Å². The van der Waals surface area contributed by atoms with Crippen LogP contribution >= 0.6 is 11.6 Å². The summed E-state index contributed by atoms with van der Waals surface area (Å²) in [6.45, 7) is 0.831. The fourth-order valence-corrected chi connectivity index (χ4v) is 3.66. The van der Waals surface area contributed by atoms with Crippen molar-refractivity contribution in [2.24, 2.45) is 5.73 Å². The number of carbonyl (C=O) groups excluding carboxylic acids is 2. The Kier molecular flexibility index (Phi) is 5.66. The van der Waals surface area contributed by atoms with Gasteiger partial charge in [-0.1, -0.05) is 11.6 Å². The number of hydrogen-bond acceptors (Lipinski definition) is 4. The van der Waals surface area contributed by atoms with Crippen LogP contribution in [0, 0.1) is 0 Å². The summed E-state index contributed by atoms with van der Waals surface area (Å²) in [5, 5.41) is 2.98. The molecule has 0 bridgehead atoms. The molecule has 25 heavy (non-hydrogen) atoms. The van der Waals surface area contributed by atoms with Crippen molar-refractivity contribution in [3.63, 3.8) is 0 Å². The molecule has 0 aromatic heterocycles. The second-order valence-corrected chi connectivity index (χ2v) is 7.46. The van der Waals surface area contributed by atoms with Crippen LogP contribution < -0.4 is 15.4 Å². The van der Waals surface area contributed by atoms with Gasteiger partial charge in [-0.15, -0.1) is 0 Å². The van der Waals surface area contributed by atoms with Crippen molar-refractivity contribution >= 4 is 44.8 Å². The zero-order valence-electron chi connectivity index (χ0n) is 13.3. The van der Waals surface area contributed by atoms with E-state index in [1.54, 1.807) is 0 Å². The summed E-state index contributed by atoms with van der Waals surface area (Å²) in [7, 11) is -4.03. The molecule has 2 rings (SSSR count). The lowest BCUT2D eigenvalue weighted by Gasteiger charge is -2.23. The summed E-state index contributed by atoms with van der Waals surface area (Å²) in [5.74, 6) is -1.07. The van der Waals surface area contributed by atoms with Crippen molar-refractivity contribution < 1.29 is 18.0 Å². The maximum atomic E-state index is 12.9. The van der Waals surface area contributed by atoms with Crippen LogP contribution in [0.5, 0.6) is 0 Å². The van der Waals surface area contributed by atoms with Crippen LogP contribution in [0.25, 0.3) is 0 Å². The molecule has 0 fully saturated rings. The summed E-state index contributed by atoms with van der Waals surface area (Å²) >= 11 is 5.82. The van der Waals surface area contributed by atoms with E-state index in [1.807, 2.05) is 0 Å². The summed E-state index contributed by atoms with van der Waals surface area (Å²) < 4.78 is 26.7. The molecule has 0 aliphatic heterocycles. The molecule has 132 valence electrons. The first-order valence-electron chi connectivity index (χ1n) is 7.14. The Balaban J connectivity index is 2.42. The molecule has 3 N–H and O–H groups in total. The fourth-order valence-electron chi connectivity index (χ4n) is 2.10. The van der Waals surface area contributed by atoms with Crippen molar-refractivity contribution in [3.05, 3.63) is 53.6 Å². The van der Waals surface area contributed by atoms with Gasteiger partial charge in [0.15, 0.2) is 0 Å². The quantitative estimate of drug-likeness (QED) is 0.797. The predicted molar refractivity (Wildman–Crippen MR) is 95.9 cm³/mol. The highest BCUT2D eigenvalue weighted by Gasteiger charge is 2.26. The molecule has 0 unspecified atom stereocenters. The summed E-state index contributed by atoms with van der Waals surface area (Å²) in [6.07, 6.45) is 0. The predicted octanol–water partition coefficient (Wildman–Crippen LogP) is 1.98. The molecule has 0 spiro atoms. The third-order valence-corrected chi connectivity index (χ3v) is 5.22. The maximum Gasteiger partial charge on any atom is 0.264 e. The monoisotopic (exact) mass is 381 g/mol. The van der Waals surface area contributed by atoms with Gasteiger partial charge in [0.25, 0.3) is 10.0 Å². The Morgan fingerprint density at radius 2 is 1.64 bits per heavy atom. The van der Waals surface area contributed by atoms with Crippen LogP contribution in [0.4, 0.5) is 11.4 Å². The van der Waals surface area contributed by atoms with Gasteiger partial charge in [-0.25, -0.2) is 8.42 Å². The highest BCUT2D eigenvalue weighted by Crippen LogP contribution is 2.25. The number of anilines is 2. The van der Waals surface area contributed by atoms with Gasteiger partial charge in [0.1, 0.15) is 6.54 Å². The van der Waals surface area contributed by atoms with E-state index in [1.165, 1.54) is 55.5 Å². The van der Waals surface area contributed by atoms with E-state index in [2.05, 4.69) is 5.32 Å². The van der Waals surface area contributed by atoms with E-state index in [-0.39, 0.29) is 16.5 Å². The van der Waals surface area contributed by atoms with Gasteiger partial charge in [0.2, 0.25) is 11.8 Å². The Morgan fingerprint density at radius 1 is 1.08 bits per heavy atom. The zero-order valence-corrected chi connectivity index (χ0v) is 14.8. The van der Waals surface area contributed by atoms with E-state index in [0.717, 1.165) is 4.31 Å². The van der Waals surface area contributed by atoms with Crippen molar-refractivity contribution in [3.8, 4) is 0 Å². The van der Waals surface area contributed by atoms with Gasteiger partial charge in [0, 0.05) is 17.6 Å². The smallest absolute Gasteiger partial charge is 0.264 e. The molecule has 2 aromatic rings. The molecule has 9 heteroatoms. The average Bonchev–Trinajstić information content (AvgIpc) is 2.53. The molecule has 7 nitrogen and oxygen atoms in total. The first-order chi connectivity index (χ1) is 11.7. The summed E-state index contributed by atoms with van der Waals surface area (Å²) in [6, 6.07) is 11.6. The Morgan fingerprint density at radius 3 is 2.12 bits per heavy atom. The van der Waals surface area contributed by atoms with Crippen molar-refractivity contribution in [2.45, 2.75) is 11.8 Å². The van der Waals surface area contributed by atoms with Crippen LogP contribution in [0.3, 0.4) is 0 Å².